The van der Waals surface area contributed by atoms with Crippen molar-refractivity contribution >= 4 is 11.9 Å². The van der Waals surface area contributed by atoms with Crippen LogP contribution >= 0.6 is 0 Å². The van der Waals surface area contributed by atoms with Gasteiger partial charge in [-0.15, -0.1) is 0 Å². The van der Waals surface area contributed by atoms with Gasteiger partial charge in [0, 0.05) is 12.8 Å². The van der Waals surface area contributed by atoms with E-state index in [1.807, 2.05) is 6.08 Å². The second-order valence-corrected chi connectivity index (χ2v) is 19.0. The first-order chi connectivity index (χ1) is 33.0. The Morgan fingerprint density at radius 2 is 0.868 bits per heavy atom. The average molecular weight is 973 g/mol. The minimum absolute atomic E-state index is 0.136. The molecule has 0 aromatic carbocycles. The molecule has 0 aliphatic carbocycles. The number of aliphatic hydroxyl groups excluding tert-OH is 7. The molecule has 2 fully saturated rings. The fourth-order valence-corrected chi connectivity index (χ4v) is 8.46. The van der Waals surface area contributed by atoms with Crippen molar-refractivity contribution in [3.8, 4) is 0 Å². The highest BCUT2D eigenvalue weighted by atomic mass is 16.7. The Kier molecular flexibility index (Phi) is 37.0. The lowest BCUT2D eigenvalue weighted by Gasteiger charge is -2.42. The van der Waals surface area contributed by atoms with Crippen molar-refractivity contribution in [2.75, 3.05) is 26.4 Å². The lowest BCUT2D eigenvalue weighted by molar-refractivity contribution is -0.332. The van der Waals surface area contributed by atoms with Crippen LogP contribution in [0.1, 0.15) is 206 Å². The summed E-state index contributed by atoms with van der Waals surface area (Å²) >= 11 is 0. The van der Waals surface area contributed by atoms with Crippen LogP contribution in [0.4, 0.5) is 0 Å². The van der Waals surface area contributed by atoms with E-state index in [1.165, 1.54) is 122 Å². The van der Waals surface area contributed by atoms with E-state index >= 15 is 0 Å². The van der Waals surface area contributed by atoms with Crippen LogP contribution in [0.2, 0.25) is 0 Å². The van der Waals surface area contributed by atoms with Gasteiger partial charge in [-0.25, -0.2) is 0 Å². The lowest BCUT2D eigenvalue weighted by Crippen LogP contribution is -2.61. The van der Waals surface area contributed by atoms with Crippen LogP contribution in [0.15, 0.2) is 24.3 Å². The van der Waals surface area contributed by atoms with E-state index in [9.17, 15) is 45.3 Å². The van der Waals surface area contributed by atoms with Crippen molar-refractivity contribution in [3.63, 3.8) is 0 Å². The molecule has 0 saturated carbocycles. The topological polar surface area (TPSA) is 231 Å². The molecule has 4 unspecified atom stereocenters. The zero-order valence-electron chi connectivity index (χ0n) is 42.1. The summed E-state index contributed by atoms with van der Waals surface area (Å²) in [6.45, 7) is 2.56. The number of aliphatic hydroxyl groups is 7. The second kappa shape index (κ2) is 40.6. The molecule has 0 bridgehead atoms. The molecule has 2 rings (SSSR count). The van der Waals surface area contributed by atoms with Gasteiger partial charge in [0.1, 0.15) is 55.4 Å². The summed E-state index contributed by atoms with van der Waals surface area (Å²) in [6, 6.07) is 0. The van der Waals surface area contributed by atoms with E-state index < -0.39 is 99.3 Å². The molecule has 2 saturated heterocycles. The van der Waals surface area contributed by atoms with Gasteiger partial charge in [0.2, 0.25) is 0 Å². The maximum Gasteiger partial charge on any atom is 0.306 e. The Labute approximate surface area is 409 Å². The third-order valence-corrected chi connectivity index (χ3v) is 12.9. The summed E-state index contributed by atoms with van der Waals surface area (Å²) < 4.78 is 33.6. The first-order valence-corrected chi connectivity index (χ1v) is 26.9. The fraction of sp³-hybridized carbons (Fsp3) is 0.887. The molecule has 68 heavy (non-hydrogen) atoms. The van der Waals surface area contributed by atoms with Crippen molar-refractivity contribution in [2.45, 2.75) is 274 Å². The Morgan fingerprint density at radius 1 is 0.456 bits per heavy atom. The molecule has 2 heterocycles. The Bertz CT molecular complexity index is 1280. The van der Waals surface area contributed by atoms with Crippen molar-refractivity contribution < 1.29 is 73.8 Å². The van der Waals surface area contributed by atoms with Crippen molar-refractivity contribution in [1.82, 2.24) is 0 Å². The summed E-state index contributed by atoms with van der Waals surface area (Å²) in [6.07, 6.45) is 25.0. The zero-order valence-corrected chi connectivity index (χ0v) is 42.1. The SMILES string of the molecule is CCCCCCCC/C=C/CCCCCCCCCC(=O)O[C@H](COC(=O)CC/C=C/CCCCCCCCCCCCC)CO[C@H]1O[C@@H](CO[C@H]2O[C@@H](CO)[C@@H](O)C(O)C2O)[C@@H](O)C(O)C1O. The number of allylic oxidation sites excluding steroid dienone is 4. The molecule has 15 heteroatoms. The zero-order chi connectivity index (χ0) is 49.6. The number of hydrogen-bond donors (Lipinski definition) is 7. The van der Waals surface area contributed by atoms with E-state index in [2.05, 4.69) is 32.1 Å². The van der Waals surface area contributed by atoms with Gasteiger partial charge in [0.05, 0.1) is 19.8 Å². The van der Waals surface area contributed by atoms with Crippen LogP contribution < -0.4 is 0 Å². The first kappa shape index (κ1) is 62.1. The summed E-state index contributed by atoms with van der Waals surface area (Å²) in [7, 11) is 0. The fourth-order valence-electron chi connectivity index (χ4n) is 8.46. The smallest absolute Gasteiger partial charge is 0.306 e. The van der Waals surface area contributed by atoms with Crippen molar-refractivity contribution in [2.24, 2.45) is 0 Å². The average Bonchev–Trinajstić information content (AvgIpc) is 3.33. The van der Waals surface area contributed by atoms with Crippen molar-refractivity contribution in [3.05, 3.63) is 24.3 Å². The normalized spacial score (nSPS) is 25.9. The third-order valence-electron chi connectivity index (χ3n) is 12.9. The van der Waals surface area contributed by atoms with E-state index in [1.54, 1.807) is 0 Å². The van der Waals surface area contributed by atoms with E-state index in [-0.39, 0.29) is 19.4 Å². The molecule has 2 aliphatic heterocycles. The molecule has 7 N–H and O–H groups in total. The largest absolute Gasteiger partial charge is 0.462 e. The standard InChI is InChI=1S/C53H96O15/c1-3-5-7-9-11-13-15-17-19-20-22-24-26-28-30-32-34-36-45(56)66-41(38-63-44(55)35-33-31-29-27-25-23-21-18-16-14-12-10-8-6-4-2)39-64-52-51(62)49(60)47(58)43(68-52)40-65-53-50(61)48(59)46(57)42(37-54)67-53/h17,19,29,31,41-43,46-54,57-62H,3-16,18,20-28,30,32-40H2,1-2H3/b19-17+,31-29+/t41-,42+,43+,46-,47-,48?,49?,50?,51?,52+,53+/m1/s1. The highest BCUT2D eigenvalue weighted by molar-refractivity contribution is 5.70. The maximum atomic E-state index is 13.0. The van der Waals surface area contributed by atoms with E-state index in [4.69, 9.17) is 28.4 Å². The van der Waals surface area contributed by atoms with Gasteiger partial charge in [-0.3, -0.25) is 9.59 Å². The van der Waals surface area contributed by atoms with Gasteiger partial charge in [0.15, 0.2) is 18.7 Å². The predicted octanol–water partition coefficient (Wildman–Crippen LogP) is 7.94. The quantitative estimate of drug-likeness (QED) is 0.0175. The van der Waals surface area contributed by atoms with Crippen LogP contribution in [0, 0.1) is 0 Å². The predicted molar refractivity (Wildman–Crippen MR) is 261 cm³/mol. The number of ether oxygens (including phenoxy) is 6. The maximum absolute atomic E-state index is 13.0. The number of rotatable bonds is 42. The van der Waals surface area contributed by atoms with Crippen LogP contribution in [-0.4, -0.2) is 142 Å². The number of carbonyl (C=O) groups excluding carboxylic acids is 2. The Hall–Kier alpha value is -2.02. The minimum atomic E-state index is -1.77. The van der Waals surface area contributed by atoms with Gasteiger partial charge in [0.25, 0.3) is 0 Å². The van der Waals surface area contributed by atoms with Crippen LogP contribution in [0.5, 0.6) is 0 Å². The van der Waals surface area contributed by atoms with Crippen molar-refractivity contribution in [1.29, 1.82) is 0 Å². The van der Waals surface area contributed by atoms with Gasteiger partial charge < -0.3 is 64.2 Å². The van der Waals surface area contributed by atoms with E-state index in [0.717, 1.165) is 44.9 Å². The number of carbonyl (C=O) groups is 2. The molecule has 0 spiro atoms. The number of unbranched alkanes of at least 4 members (excludes halogenated alkanes) is 24. The highest BCUT2D eigenvalue weighted by Crippen LogP contribution is 2.26. The molecule has 15 nitrogen and oxygen atoms in total. The molecule has 0 amide bonds. The van der Waals surface area contributed by atoms with Crippen LogP contribution in [-0.2, 0) is 38.0 Å². The molecule has 0 aromatic heterocycles. The van der Waals surface area contributed by atoms with Gasteiger partial charge in [-0.2, -0.15) is 0 Å². The summed E-state index contributed by atoms with van der Waals surface area (Å²) in [5.74, 6) is -0.980. The van der Waals surface area contributed by atoms with Crippen LogP contribution in [0.3, 0.4) is 0 Å². The number of hydrogen-bond acceptors (Lipinski definition) is 15. The molecule has 0 radical (unpaired) electrons. The van der Waals surface area contributed by atoms with E-state index in [0.29, 0.717) is 12.8 Å². The Morgan fingerprint density at radius 3 is 1.35 bits per heavy atom. The summed E-state index contributed by atoms with van der Waals surface area (Å²) in [4.78, 5) is 25.8. The Balaban J connectivity index is 1.80. The minimum Gasteiger partial charge on any atom is -0.462 e. The molecule has 398 valence electrons. The molecular weight excluding hydrogens is 877 g/mol. The summed E-state index contributed by atoms with van der Waals surface area (Å²) in [5, 5.41) is 72.1. The monoisotopic (exact) mass is 973 g/mol. The summed E-state index contributed by atoms with van der Waals surface area (Å²) in [5.41, 5.74) is 0. The first-order valence-electron chi connectivity index (χ1n) is 26.9. The highest BCUT2D eigenvalue weighted by Gasteiger charge is 2.47. The van der Waals surface area contributed by atoms with Gasteiger partial charge >= 0.3 is 11.9 Å². The third kappa shape index (κ3) is 28.1. The second-order valence-electron chi connectivity index (χ2n) is 19.0. The lowest BCUT2D eigenvalue weighted by atomic mass is 9.98. The van der Waals surface area contributed by atoms with Gasteiger partial charge in [-0.1, -0.05) is 167 Å². The van der Waals surface area contributed by atoms with Gasteiger partial charge in [-0.05, 0) is 51.4 Å². The molecule has 0 aromatic rings. The molecular formula is C53H96O15. The number of esters is 2. The van der Waals surface area contributed by atoms with Crippen LogP contribution in [0.25, 0.3) is 0 Å². The molecule has 11 atom stereocenters. The molecule has 2 aliphatic rings.